The van der Waals surface area contributed by atoms with E-state index in [1.54, 1.807) is 6.20 Å². The van der Waals surface area contributed by atoms with E-state index < -0.39 is 0 Å². The van der Waals surface area contributed by atoms with E-state index in [9.17, 15) is 0 Å². The monoisotopic (exact) mass is 390 g/mol. The number of para-hydroxylation sites is 2. The van der Waals surface area contributed by atoms with Gasteiger partial charge in [-0.2, -0.15) is 0 Å². The van der Waals surface area contributed by atoms with Crippen LogP contribution in [0.1, 0.15) is 0 Å². The predicted octanol–water partition coefficient (Wildman–Crippen LogP) is 1.59. The Morgan fingerprint density at radius 1 is 1.25 bits per heavy atom. The molecule has 0 aliphatic rings. The van der Waals surface area contributed by atoms with Gasteiger partial charge in [-0.05, 0) is 16.9 Å². The van der Waals surface area contributed by atoms with Gasteiger partial charge in [-0.1, -0.05) is 24.3 Å². The number of rotatable bonds is 1. The molecule has 0 fully saturated rings. The van der Waals surface area contributed by atoms with Gasteiger partial charge in [0.2, 0.25) is 0 Å². The Morgan fingerprint density at radius 2 is 2.06 bits per heavy atom. The van der Waals surface area contributed by atoms with E-state index in [0.29, 0.717) is 5.82 Å². The van der Waals surface area contributed by atoms with E-state index in [2.05, 4.69) is 15.0 Å². The standard InChI is InChI=1S/C11H9N4.Ir/c1-15-7-6-12-11(15)10-13-8-4-2-3-5-9(8)14-10;/h2-7H,1H3;/q-1;. The summed E-state index contributed by atoms with van der Waals surface area (Å²) < 4.78 is 1.91. The molecule has 3 aromatic rings. The molecule has 0 saturated heterocycles. The number of aromatic nitrogens is 4. The first-order chi connectivity index (χ1) is 7.34. The van der Waals surface area contributed by atoms with Crippen molar-refractivity contribution in [2.24, 2.45) is 7.05 Å². The van der Waals surface area contributed by atoms with Crippen LogP contribution < -0.4 is 4.98 Å². The van der Waals surface area contributed by atoms with Crippen molar-refractivity contribution in [1.29, 1.82) is 0 Å². The molecule has 0 N–H and O–H groups in total. The maximum absolute atomic E-state index is 4.42. The Bertz CT molecular complexity index is 578. The molecule has 0 amide bonds. The van der Waals surface area contributed by atoms with Crippen LogP contribution in [0.2, 0.25) is 0 Å². The van der Waals surface area contributed by atoms with Gasteiger partial charge in [-0.3, -0.25) is 0 Å². The average Bonchev–Trinajstić information content (AvgIpc) is 2.82. The molecule has 3 rings (SSSR count). The first kappa shape index (κ1) is 11.0. The maximum Gasteiger partial charge on any atom is 0.131 e. The van der Waals surface area contributed by atoms with E-state index in [-0.39, 0.29) is 20.1 Å². The summed E-state index contributed by atoms with van der Waals surface area (Å²) >= 11 is 0. The molecule has 1 aromatic carbocycles. The predicted molar refractivity (Wildman–Crippen MR) is 57.3 cm³/mol. The maximum atomic E-state index is 4.42. The zero-order chi connectivity index (χ0) is 10.3. The summed E-state index contributed by atoms with van der Waals surface area (Å²) in [5.74, 6) is 1.48. The number of aryl methyl sites for hydroxylation is 1. The molecule has 16 heavy (non-hydrogen) atoms. The van der Waals surface area contributed by atoms with Crippen molar-refractivity contribution >= 4 is 11.0 Å². The van der Waals surface area contributed by atoms with E-state index in [1.807, 2.05) is 42.1 Å². The fraction of sp³-hybridized carbons (Fsp3) is 0.0909. The third kappa shape index (κ3) is 1.68. The topological polar surface area (TPSA) is 44.8 Å². The fourth-order valence-electron chi connectivity index (χ4n) is 1.59. The Hall–Kier alpha value is -1.45. The number of hydrogen-bond acceptors (Lipinski definition) is 2. The first-order valence-corrected chi connectivity index (χ1v) is 4.72. The van der Waals surface area contributed by atoms with Crippen molar-refractivity contribution < 1.29 is 20.1 Å². The van der Waals surface area contributed by atoms with Crippen LogP contribution in [-0.4, -0.2) is 14.5 Å². The van der Waals surface area contributed by atoms with Gasteiger partial charge in [0.15, 0.2) is 0 Å². The SMILES string of the molecule is Cn1ccnc1-c1nc2ccccc2[n-]1.[Ir]. The summed E-state index contributed by atoms with van der Waals surface area (Å²) in [6, 6.07) is 7.82. The van der Waals surface area contributed by atoms with Crippen LogP contribution in [0.3, 0.4) is 0 Å². The molecule has 2 heterocycles. The van der Waals surface area contributed by atoms with E-state index in [0.717, 1.165) is 16.9 Å². The number of hydrogen-bond donors (Lipinski definition) is 0. The van der Waals surface area contributed by atoms with E-state index >= 15 is 0 Å². The van der Waals surface area contributed by atoms with Crippen LogP contribution in [0.5, 0.6) is 0 Å². The van der Waals surface area contributed by atoms with Gasteiger partial charge in [0.1, 0.15) is 5.82 Å². The van der Waals surface area contributed by atoms with Gasteiger partial charge in [0, 0.05) is 39.5 Å². The van der Waals surface area contributed by atoms with Crippen molar-refractivity contribution in [3.05, 3.63) is 36.7 Å². The summed E-state index contributed by atoms with van der Waals surface area (Å²) in [6.07, 6.45) is 3.63. The van der Waals surface area contributed by atoms with Crippen LogP contribution in [0.4, 0.5) is 0 Å². The zero-order valence-corrected chi connectivity index (χ0v) is 11.0. The molecule has 1 radical (unpaired) electrons. The van der Waals surface area contributed by atoms with Crippen LogP contribution >= 0.6 is 0 Å². The largest absolute Gasteiger partial charge is 0.433 e. The Balaban J connectivity index is 0.000000963. The van der Waals surface area contributed by atoms with Crippen LogP contribution in [0.15, 0.2) is 36.7 Å². The molecular weight excluding hydrogens is 380 g/mol. The van der Waals surface area contributed by atoms with Crippen molar-refractivity contribution in [3.8, 4) is 11.6 Å². The number of benzene rings is 1. The van der Waals surface area contributed by atoms with E-state index in [1.165, 1.54) is 0 Å². The second kappa shape index (κ2) is 4.20. The van der Waals surface area contributed by atoms with Gasteiger partial charge < -0.3 is 14.5 Å². The van der Waals surface area contributed by atoms with Crippen molar-refractivity contribution in [2.45, 2.75) is 0 Å². The molecular formula is C11H9IrN4-. The minimum Gasteiger partial charge on any atom is -0.433 e. The molecule has 0 spiro atoms. The van der Waals surface area contributed by atoms with Gasteiger partial charge in [-0.15, -0.1) is 0 Å². The average molecular weight is 389 g/mol. The van der Waals surface area contributed by atoms with Crippen LogP contribution in [-0.2, 0) is 27.2 Å². The smallest absolute Gasteiger partial charge is 0.131 e. The molecule has 83 valence electrons. The second-order valence-corrected chi connectivity index (χ2v) is 3.40. The van der Waals surface area contributed by atoms with Gasteiger partial charge in [0.05, 0.1) is 0 Å². The van der Waals surface area contributed by atoms with Gasteiger partial charge >= 0.3 is 0 Å². The minimum atomic E-state index is 0. The Morgan fingerprint density at radius 3 is 2.75 bits per heavy atom. The summed E-state index contributed by atoms with van der Waals surface area (Å²) in [5.41, 5.74) is 1.83. The summed E-state index contributed by atoms with van der Waals surface area (Å²) in [5, 5.41) is 0. The third-order valence-electron chi connectivity index (χ3n) is 2.36. The molecule has 0 atom stereocenters. The second-order valence-electron chi connectivity index (χ2n) is 3.40. The van der Waals surface area contributed by atoms with Crippen LogP contribution in [0, 0.1) is 0 Å². The molecule has 0 saturated carbocycles. The van der Waals surface area contributed by atoms with Crippen molar-refractivity contribution in [3.63, 3.8) is 0 Å². The third-order valence-corrected chi connectivity index (χ3v) is 2.36. The number of fused-ring (bicyclic) bond motifs is 1. The minimum absolute atomic E-state index is 0. The molecule has 5 heteroatoms. The van der Waals surface area contributed by atoms with Crippen molar-refractivity contribution in [2.75, 3.05) is 0 Å². The Labute approximate surface area is 106 Å². The van der Waals surface area contributed by atoms with E-state index in [4.69, 9.17) is 0 Å². The van der Waals surface area contributed by atoms with Gasteiger partial charge in [0.25, 0.3) is 0 Å². The first-order valence-electron chi connectivity index (χ1n) is 4.72. The summed E-state index contributed by atoms with van der Waals surface area (Å²) in [6.45, 7) is 0. The van der Waals surface area contributed by atoms with Crippen LogP contribution in [0.25, 0.3) is 22.7 Å². The fourth-order valence-corrected chi connectivity index (χ4v) is 1.59. The normalized spacial score (nSPS) is 10.3. The summed E-state index contributed by atoms with van der Waals surface area (Å²) in [7, 11) is 1.93. The zero-order valence-electron chi connectivity index (χ0n) is 8.59. The van der Waals surface area contributed by atoms with Gasteiger partial charge in [-0.25, -0.2) is 4.98 Å². The number of imidazole rings is 2. The molecule has 0 unspecified atom stereocenters. The molecule has 0 bridgehead atoms. The molecule has 4 nitrogen and oxygen atoms in total. The molecule has 0 aliphatic carbocycles. The number of nitrogens with zero attached hydrogens (tertiary/aromatic N) is 4. The summed E-state index contributed by atoms with van der Waals surface area (Å²) in [4.78, 5) is 13.1. The Kier molecular flexibility index (Phi) is 2.90. The molecule has 2 aromatic heterocycles. The quantitative estimate of drug-likeness (QED) is 0.635. The molecule has 0 aliphatic heterocycles. The van der Waals surface area contributed by atoms with Crippen molar-refractivity contribution in [1.82, 2.24) is 19.5 Å².